The highest BCUT2D eigenvalue weighted by molar-refractivity contribution is 6.07. The van der Waals surface area contributed by atoms with E-state index < -0.39 is 23.4 Å². The van der Waals surface area contributed by atoms with Crippen molar-refractivity contribution in [2.45, 2.75) is 18.4 Å². The third kappa shape index (κ3) is 1.94. The highest BCUT2D eigenvalue weighted by atomic mass is 16.4. The molecule has 1 aromatic rings. The van der Waals surface area contributed by atoms with E-state index in [-0.39, 0.29) is 12.8 Å². The number of nitrogens with one attached hydrogen (secondary N) is 2. The Balaban J connectivity index is 2.37. The van der Waals surface area contributed by atoms with E-state index in [4.69, 9.17) is 5.11 Å². The van der Waals surface area contributed by atoms with Crippen LogP contribution >= 0.6 is 0 Å². The summed E-state index contributed by atoms with van der Waals surface area (Å²) >= 11 is 0. The van der Waals surface area contributed by atoms with Gasteiger partial charge in [0, 0.05) is 31.4 Å². The number of carbonyl (C=O) groups excluding carboxylic acids is 2. The second-order valence-electron chi connectivity index (χ2n) is 4.27. The fourth-order valence-corrected chi connectivity index (χ4v) is 2.07. The number of carboxylic acid groups (broad SMARTS) is 1. The first-order chi connectivity index (χ1) is 8.44. The van der Waals surface area contributed by atoms with Crippen molar-refractivity contribution < 1.29 is 19.5 Å². The maximum atomic E-state index is 11.9. The number of aryl methyl sites for hydroxylation is 1. The zero-order chi connectivity index (χ0) is 13.3. The summed E-state index contributed by atoms with van der Waals surface area (Å²) in [6.45, 7) is 0. The molecule has 18 heavy (non-hydrogen) atoms. The third-order valence-corrected chi connectivity index (χ3v) is 2.98. The molecule has 7 heteroatoms. The molecule has 3 amide bonds. The van der Waals surface area contributed by atoms with Gasteiger partial charge in [-0.15, -0.1) is 0 Å². The lowest BCUT2D eigenvalue weighted by molar-refractivity contribution is -0.137. The molecule has 3 N–H and O–H groups in total. The molecule has 0 aromatic carbocycles. The Kier molecular flexibility index (Phi) is 2.82. The smallest absolute Gasteiger partial charge is 0.322 e. The van der Waals surface area contributed by atoms with Crippen LogP contribution < -0.4 is 10.6 Å². The maximum absolute atomic E-state index is 11.9. The Bertz CT molecular complexity index is 522. The van der Waals surface area contributed by atoms with Crippen LogP contribution in [-0.4, -0.2) is 27.6 Å². The number of aromatic nitrogens is 1. The molecule has 1 fully saturated rings. The van der Waals surface area contributed by atoms with Crippen LogP contribution in [-0.2, 0) is 22.2 Å². The molecule has 1 aliphatic rings. The van der Waals surface area contributed by atoms with Crippen molar-refractivity contribution in [3.8, 4) is 0 Å². The lowest BCUT2D eigenvalue weighted by Gasteiger charge is -2.24. The van der Waals surface area contributed by atoms with Crippen LogP contribution in [0, 0.1) is 0 Å². The van der Waals surface area contributed by atoms with Crippen LogP contribution in [0.3, 0.4) is 0 Å². The van der Waals surface area contributed by atoms with Gasteiger partial charge < -0.3 is 15.0 Å². The predicted molar refractivity (Wildman–Crippen MR) is 60.6 cm³/mol. The second kappa shape index (κ2) is 4.17. The quantitative estimate of drug-likeness (QED) is 0.652. The summed E-state index contributed by atoms with van der Waals surface area (Å²) in [6, 6.07) is 1.08. The molecule has 96 valence electrons. The van der Waals surface area contributed by atoms with Gasteiger partial charge in [0.1, 0.15) is 5.54 Å². The van der Waals surface area contributed by atoms with Crippen molar-refractivity contribution in [2.24, 2.45) is 7.05 Å². The lowest BCUT2D eigenvalue weighted by Crippen LogP contribution is -2.44. The van der Waals surface area contributed by atoms with E-state index in [2.05, 4.69) is 10.6 Å². The predicted octanol–water partition coefficient (Wildman–Crippen LogP) is -0.0754. The van der Waals surface area contributed by atoms with Gasteiger partial charge in [0.2, 0.25) is 0 Å². The average molecular weight is 251 g/mol. The van der Waals surface area contributed by atoms with Gasteiger partial charge in [0.05, 0.1) is 0 Å². The summed E-state index contributed by atoms with van der Waals surface area (Å²) < 4.78 is 1.73. The number of carbonyl (C=O) groups is 3. The molecular weight excluding hydrogens is 238 g/mol. The Morgan fingerprint density at radius 2 is 2.22 bits per heavy atom. The van der Waals surface area contributed by atoms with Crippen molar-refractivity contribution in [3.05, 3.63) is 24.0 Å². The standard InChI is InChI=1S/C11H13N3O4/c1-14-5-3-7(6-14)11(4-2-8(15)16)9(17)12-10(18)13-11/h3,5-6H,2,4H2,1H3,(H,15,16)(H2,12,13,17,18). The van der Waals surface area contributed by atoms with Crippen molar-refractivity contribution >= 4 is 17.9 Å². The van der Waals surface area contributed by atoms with E-state index in [9.17, 15) is 14.4 Å². The van der Waals surface area contributed by atoms with Crippen molar-refractivity contribution in [3.63, 3.8) is 0 Å². The molecule has 1 atom stereocenters. The Morgan fingerprint density at radius 1 is 1.50 bits per heavy atom. The first kappa shape index (κ1) is 12.2. The lowest BCUT2D eigenvalue weighted by atomic mass is 9.87. The number of amides is 3. The molecule has 0 spiro atoms. The SMILES string of the molecule is Cn1ccc(C2(CCC(=O)O)NC(=O)NC2=O)c1. The van der Waals surface area contributed by atoms with Gasteiger partial charge >= 0.3 is 12.0 Å². The van der Waals surface area contributed by atoms with Crippen molar-refractivity contribution in [2.75, 3.05) is 0 Å². The number of nitrogens with zero attached hydrogens (tertiary/aromatic N) is 1. The number of aliphatic carboxylic acids is 1. The second-order valence-corrected chi connectivity index (χ2v) is 4.27. The maximum Gasteiger partial charge on any atom is 0.322 e. The summed E-state index contributed by atoms with van der Waals surface area (Å²) in [7, 11) is 1.78. The number of hydrogen-bond acceptors (Lipinski definition) is 3. The van der Waals surface area contributed by atoms with Gasteiger partial charge in [-0.1, -0.05) is 0 Å². The highest BCUT2D eigenvalue weighted by Crippen LogP contribution is 2.30. The summed E-state index contributed by atoms with van der Waals surface area (Å²) in [5.41, 5.74) is -0.703. The summed E-state index contributed by atoms with van der Waals surface area (Å²) in [5.74, 6) is -1.53. The van der Waals surface area contributed by atoms with E-state index in [0.29, 0.717) is 5.56 Å². The zero-order valence-corrected chi connectivity index (χ0v) is 9.77. The molecule has 2 rings (SSSR count). The average Bonchev–Trinajstić information content (AvgIpc) is 2.81. The minimum absolute atomic E-state index is 0.0178. The number of carboxylic acids is 1. The first-order valence-corrected chi connectivity index (χ1v) is 5.42. The molecule has 1 saturated heterocycles. The summed E-state index contributed by atoms with van der Waals surface area (Å²) in [5, 5.41) is 13.4. The molecule has 0 radical (unpaired) electrons. The van der Waals surface area contributed by atoms with Crippen LogP contribution in [0.5, 0.6) is 0 Å². The fraction of sp³-hybridized carbons (Fsp3) is 0.364. The van der Waals surface area contributed by atoms with Gasteiger partial charge in [-0.25, -0.2) is 4.79 Å². The van der Waals surface area contributed by atoms with E-state index >= 15 is 0 Å². The van der Waals surface area contributed by atoms with Crippen LogP contribution in [0.2, 0.25) is 0 Å². The van der Waals surface area contributed by atoms with Gasteiger partial charge in [-0.05, 0) is 12.5 Å². The van der Waals surface area contributed by atoms with Crippen LogP contribution in [0.4, 0.5) is 4.79 Å². The Hall–Kier alpha value is -2.31. The van der Waals surface area contributed by atoms with Crippen molar-refractivity contribution in [1.82, 2.24) is 15.2 Å². The number of rotatable bonds is 4. The molecular formula is C11H13N3O4. The third-order valence-electron chi connectivity index (χ3n) is 2.98. The number of hydrogen-bond donors (Lipinski definition) is 3. The van der Waals surface area contributed by atoms with Crippen LogP contribution in [0.25, 0.3) is 0 Å². The molecule has 1 aliphatic heterocycles. The minimum Gasteiger partial charge on any atom is -0.481 e. The summed E-state index contributed by atoms with van der Waals surface area (Å²) in [6.07, 6.45) is 3.23. The largest absolute Gasteiger partial charge is 0.481 e. The molecule has 2 heterocycles. The van der Waals surface area contributed by atoms with Crippen molar-refractivity contribution in [1.29, 1.82) is 0 Å². The first-order valence-electron chi connectivity index (χ1n) is 5.42. The van der Waals surface area contributed by atoms with Crippen LogP contribution in [0.15, 0.2) is 18.5 Å². The van der Waals surface area contributed by atoms with E-state index in [1.807, 2.05) is 0 Å². The fourth-order valence-electron chi connectivity index (χ4n) is 2.07. The van der Waals surface area contributed by atoms with E-state index in [0.717, 1.165) is 0 Å². The highest BCUT2D eigenvalue weighted by Gasteiger charge is 2.48. The molecule has 1 aromatic heterocycles. The number of urea groups is 1. The normalized spacial score (nSPS) is 22.7. The van der Waals surface area contributed by atoms with Gasteiger partial charge in [-0.3, -0.25) is 14.9 Å². The van der Waals surface area contributed by atoms with E-state index in [1.165, 1.54) is 0 Å². The molecule has 0 saturated carbocycles. The van der Waals surface area contributed by atoms with Gasteiger partial charge in [-0.2, -0.15) is 0 Å². The van der Waals surface area contributed by atoms with Crippen LogP contribution in [0.1, 0.15) is 18.4 Å². The monoisotopic (exact) mass is 251 g/mol. The van der Waals surface area contributed by atoms with Gasteiger partial charge in [0.15, 0.2) is 0 Å². The van der Waals surface area contributed by atoms with E-state index in [1.54, 1.807) is 30.1 Å². The Morgan fingerprint density at radius 3 is 2.67 bits per heavy atom. The summed E-state index contributed by atoms with van der Waals surface area (Å²) in [4.78, 5) is 33.9. The zero-order valence-electron chi connectivity index (χ0n) is 9.77. The topological polar surface area (TPSA) is 100 Å². The molecule has 1 unspecified atom stereocenters. The molecule has 0 bridgehead atoms. The van der Waals surface area contributed by atoms with Gasteiger partial charge in [0.25, 0.3) is 5.91 Å². The molecule has 7 nitrogen and oxygen atoms in total. The molecule has 0 aliphatic carbocycles. The minimum atomic E-state index is -1.28. The number of imide groups is 1. The Labute approximate surface area is 103 Å².